The lowest BCUT2D eigenvalue weighted by Crippen LogP contribution is -2.47. The third kappa shape index (κ3) is 2.24. The minimum absolute atomic E-state index is 0.0257. The van der Waals surface area contributed by atoms with Gasteiger partial charge in [-0.15, -0.1) is 0 Å². The van der Waals surface area contributed by atoms with Crippen LogP contribution in [0.1, 0.15) is 46.0 Å². The highest BCUT2D eigenvalue weighted by Gasteiger charge is 2.42. The molecule has 5 unspecified atom stereocenters. The molecular formula is C13H24N2O. The molecule has 16 heavy (non-hydrogen) atoms. The number of amides is 1. The van der Waals surface area contributed by atoms with E-state index in [9.17, 15) is 4.79 Å². The zero-order valence-electron chi connectivity index (χ0n) is 10.4. The number of carbonyl (C=O) groups is 1. The second-order valence-electron chi connectivity index (χ2n) is 5.65. The first-order chi connectivity index (χ1) is 7.61. The summed E-state index contributed by atoms with van der Waals surface area (Å²) in [5.41, 5.74) is 5.73. The normalized spacial score (nSPS) is 36.1. The number of rotatable bonds is 4. The summed E-state index contributed by atoms with van der Waals surface area (Å²) in [6.07, 6.45) is 6.21. The summed E-state index contributed by atoms with van der Waals surface area (Å²) in [4.78, 5) is 11.7. The fourth-order valence-electron chi connectivity index (χ4n) is 3.53. The van der Waals surface area contributed by atoms with E-state index in [0.717, 1.165) is 18.3 Å². The van der Waals surface area contributed by atoms with Crippen LogP contribution in [0.4, 0.5) is 0 Å². The number of fused-ring (bicyclic) bond motifs is 2. The Hall–Kier alpha value is -0.570. The van der Waals surface area contributed by atoms with Gasteiger partial charge in [0, 0.05) is 6.04 Å². The summed E-state index contributed by atoms with van der Waals surface area (Å²) in [6, 6.07) is -0.0264. The van der Waals surface area contributed by atoms with Gasteiger partial charge >= 0.3 is 0 Å². The molecule has 2 aliphatic carbocycles. The minimum atomic E-state index is -0.332. The second kappa shape index (κ2) is 4.74. The largest absolute Gasteiger partial charge is 0.352 e. The molecule has 0 spiro atoms. The molecule has 3 nitrogen and oxygen atoms in total. The molecule has 2 fully saturated rings. The van der Waals surface area contributed by atoms with E-state index >= 15 is 0 Å². The smallest absolute Gasteiger partial charge is 0.237 e. The predicted octanol–water partition coefficient (Wildman–Crippen LogP) is 1.66. The molecule has 0 aromatic rings. The van der Waals surface area contributed by atoms with Crippen LogP contribution in [0.3, 0.4) is 0 Å². The average molecular weight is 224 g/mol. The van der Waals surface area contributed by atoms with Crippen molar-refractivity contribution in [1.29, 1.82) is 0 Å². The summed E-state index contributed by atoms with van der Waals surface area (Å²) < 4.78 is 0. The van der Waals surface area contributed by atoms with Crippen LogP contribution in [0.2, 0.25) is 0 Å². The topological polar surface area (TPSA) is 55.1 Å². The van der Waals surface area contributed by atoms with Gasteiger partial charge in [0.25, 0.3) is 0 Å². The van der Waals surface area contributed by atoms with Crippen LogP contribution in [0.25, 0.3) is 0 Å². The lowest BCUT2D eigenvalue weighted by atomic mass is 9.84. The zero-order valence-corrected chi connectivity index (χ0v) is 10.4. The van der Waals surface area contributed by atoms with Gasteiger partial charge < -0.3 is 11.1 Å². The van der Waals surface area contributed by atoms with Gasteiger partial charge in [-0.25, -0.2) is 0 Å². The third-order valence-electron chi connectivity index (χ3n) is 4.58. The molecule has 2 saturated carbocycles. The van der Waals surface area contributed by atoms with Crippen LogP contribution in [-0.4, -0.2) is 18.0 Å². The lowest BCUT2D eigenvalue weighted by molar-refractivity contribution is -0.123. The van der Waals surface area contributed by atoms with Crippen LogP contribution in [-0.2, 0) is 4.79 Å². The monoisotopic (exact) mass is 224 g/mol. The Morgan fingerprint density at radius 2 is 2.19 bits per heavy atom. The maximum Gasteiger partial charge on any atom is 0.237 e. The van der Waals surface area contributed by atoms with E-state index in [-0.39, 0.29) is 11.9 Å². The maximum absolute atomic E-state index is 11.7. The first-order valence-corrected chi connectivity index (χ1v) is 6.67. The number of nitrogens with two attached hydrogens (primary N) is 1. The highest BCUT2D eigenvalue weighted by Crippen LogP contribution is 2.49. The molecule has 0 heterocycles. The van der Waals surface area contributed by atoms with Crippen molar-refractivity contribution in [1.82, 2.24) is 5.32 Å². The van der Waals surface area contributed by atoms with E-state index in [0.29, 0.717) is 12.0 Å². The van der Waals surface area contributed by atoms with E-state index in [4.69, 9.17) is 5.73 Å². The van der Waals surface area contributed by atoms with Crippen molar-refractivity contribution in [2.75, 3.05) is 0 Å². The van der Waals surface area contributed by atoms with Gasteiger partial charge in [0.05, 0.1) is 6.04 Å². The molecule has 92 valence electrons. The van der Waals surface area contributed by atoms with Crippen molar-refractivity contribution in [2.24, 2.45) is 23.5 Å². The summed E-state index contributed by atoms with van der Waals surface area (Å²) in [5, 5.41) is 3.09. The van der Waals surface area contributed by atoms with Crippen molar-refractivity contribution >= 4 is 5.91 Å². The quantitative estimate of drug-likeness (QED) is 0.763. The first-order valence-electron chi connectivity index (χ1n) is 6.67. The summed E-state index contributed by atoms with van der Waals surface area (Å²) in [6.45, 7) is 4.10. The molecule has 0 radical (unpaired) electrons. The molecule has 5 atom stereocenters. The molecule has 0 aliphatic heterocycles. The molecule has 2 aliphatic rings. The van der Waals surface area contributed by atoms with Crippen LogP contribution < -0.4 is 11.1 Å². The highest BCUT2D eigenvalue weighted by atomic mass is 16.2. The van der Waals surface area contributed by atoms with Crippen LogP contribution in [0.15, 0.2) is 0 Å². The molecule has 0 saturated heterocycles. The Balaban J connectivity index is 1.84. The van der Waals surface area contributed by atoms with Gasteiger partial charge in [-0.3, -0.25) is 4.79 Å². The number of nitrogens with one attached hydrogen (secondary N) is 1. The SMILES string of the molecule is CCC(N)C(=O)NC(C)C1CC2CCC1C2. The lowest BCUT2D eigenvalue weighted by Gasteiger charge is -2.29. The Kier molecular flexibility index (Phi) is 3.53. The van der Waals surface area contributed by atoms with E-state index in [2.05, 4.69) is 12.2 Å². The average Bonchev–Trinajstić information content (AvgIpc) is 2.89. The fourth-order valence-corrected chi connectivity index (χ4v) is 3.53. The van der Waals surface area contributed by atoms with E-state index < -0.39 is 0 Å². The molecular weight excluding hydrogens is 200 g/mol. The molecule has 0 aromatic carbocycles. The maximum atomic E-state index is 11.7. The van der Waals surface area contributed by atoms with E-state index in [1.165, 1.54) is 25.7 Å². The standard InChI is InChI=1S/C13H24N2O/c1-3-12(14)13(16)15-8(2)11-7-9-4-5-10(11)6-9/h8-12H,3-7,14H2,1-2H3,(H,15,16). The van der Waals surface area contributed by atoms with E-state index in [1.54, 1.807) is 0 Å². The number of carbonyl (C=O) groups excluding carboxylic acids is 1. The van der Waals surface area contributed by atoms with Crippen LogP contribution >= 0.6 is 0 Å². The van der Waals surface area contributed by atoms with Crippen LogP contribution in [0, 0.1) is 17.8 Å². The number of hydrogen-bond acceptors (Lipinski definition) is 2. The zero-order chi connectivity index (χ0) is 11.7. The van der Waals surface area contributed by atoms with Crippen molar-refractivity contribution < 1.29 is 4.79 Å². The number of hydrogen-bond donors (Lipinski definition) is 2. The summed E-state index contributed by atoms with van der Waals surface area (Å²) in [5.74, 6) is 2.52. The fraction of sp³-hybridized carbons (Fsp3) is 0.923. The summed E-state index contributed by atoms with van der Waals surface area (Å²) >= 11 is 0. The Morgan fingerprint density at radius 3 is 2.69 bits per heavy atom. The van der Waals surface area contributed by atoms with Gasteiger partial charge in [0.1, 0.15) is 0 Å². The van der Waals surface area contributed by atoms with Crippen molar-refractivity contribution in [3.8, 4) is 0 Å². The molecule has 3 N–H and O–H groups in total. The predicted molar refractivity (Wildman–Crippen MR) is 64.8 cm³/mol. The van der Waals surface area contributed by atoms with Crippen LogP contribution in [0.5, 0.6) is 0 Å². The molecule has 2 rings (SSSR count). The van der Waals surface area contributed by atoms with Crippen molar-refractivity contribution in [2.45, 2.75) is 58.0 Å². The minimum Gasteiger partial charge on any atom is -0.352 e. The molecule has 3 heteroatoms. The molecule has 1 amide bonds. The van der Waals surface area contributed by atoms with Gasteiger partial charge in [-0.05, 0) is 50.4 Å². The van der Waals surface area contributed by atoms with E-state index in [1.807, 2.05) is 6.92 Å². The molecule has 0 aromatic heterocycles. The van der Waals surface area contributed by atoms with Crippen molar-refractivity contribution in [3.63, 3.8) is 0 Å². The van der Waals surface area contributed by atoms with Gasteiger partial charge in [-0.1, -0.05) is 13.3 Å². The van der Waals surface area contributed by atoms with Gasteiger partial charge in [0.2, 0.25) is 5.91 Å². The first kappa shape index (κ1) is 11.9. The Labute approximate surface area is 98.2 Å². The van der Waals surface area contributed by atoms with Crippen molar-refractivity contribution in [3.05, 3.63) is 0 Å². The summed E-state index contributed by atoms with van der Waals surface area (Å²) in [7, 11) is 0. The second-order valence-corrected chi connectivity index (χ2v) is 5.65. The van der Waals surface area contributed by atoms with Gasteiger partial charge in [-0.2, -0.15) is 0 Å². The Bertz CT molecular complexity index is 267. The molecule has 2 bridgehead atoms. The van der Waals surface area contributed by atoms with Gasteiger partial charge in [0.15, 0.2) is 0 Å². The Morgan fingerprint density at radius 1 is 1.44 bits per heavy atom. The third-order valence-corrected chi connectivity index (χ3v) is 4.58. The highest BCUT2D eigenvalue weighted by molar-refractivity contribution is 5.81.